The normalized spacial score (nSPS) is 11.3. The Kier molecular flexibility index (Phi) is 7.15. The summed E-state index contributed by atoms with van der Waals surface area (Å²) in [4.78, 5) is 13.3. The molecular weight excluding hydrogens is 488 g/mol. The Hall–Kier alpha value is -3.73. The minimum Gasteiger partial charge on any atom is -0.479 e. The number of methoxy groups -OCH3 is 1. The Morgan fingerprint density at radius 1 is 0.886 bits per heavy atom. The van der Waals surface area contributed by atoms with Crippen LogP contribution < -0.4 is 15.4 Å². The van der Waals surface area contributed by atoms with E-state index in [1.165, 1.54) is 33.5 Å². The van der Waals surface area contributed by atoms with Gasteiger partial charge in [0, 0.05) is 19.7 Å². The molecule has 0 saturated carbocycles. The summed E-state index contributed by atoms with van der Waals surface area (Å²) in [6.07, 6.45) is 1.42. The number of nitrogens with one attached hydrogen (secondary N) is 2. The Labute approximate surface area is 208 Å². The fourth-order valence-corrected chi connectivity index (χ4v) is 4.39. The molecule has 180 valence electrons. The Morgan fingerprint density at radius 2 is 1.60 bits per heavy atom. The van der Waals surface area contributed by atoms with E-state index in [1.807, 2.05) is 42.5 Å². The zero-order valence-corrected chi connectivity index (χ0v) is 20.8. The fraction of sp³-hybridized carbons (Fsp3) is 0.125. The number of hydrogen-bond acceptors (Lipinski definition) is 8. The number of benzene rings is 2. The number of nitrogens with zero attached hydrogens (tertiary/aromatic N) is 4. The van der Waals surface area contributed by atoms with Gasteiger partial charge in [-0.2, -0.15) is 4.98 Å². The topological polar surface area (TPSA) is 109 Å². The Morgan fingerprint density at radius 3 is 2.31 bits per heavy atom. The molecule has 9 nitrogen and oxygen atoms in total. The van der Waals surface area contributed by atoms with Gasteiger partial charge in [0.15, 0.2) is 5.82 Å². The second kappa shape index (κ2) is 10.3. The average Bonchev–Trinajstić information content (AvgIpc) is 2.87. The fourth-order valence-electron chi connectivity index (χ4n) is 3.22. The van der Waals surface area contributed by atoms with Gasteiger partial charge in [-0.05, 0) is 24.3 Å². The highest BCUT2D eigenvalue weighted by Crippen LogP contribution is 2.32. The second-order valence-electron chi connectivity index (χ2n) is 7.54. The first kappa shape index (κ1) is 24.4. The highest BCUT2D eigenvalue weighted by atomic mass is 35.5. The van der Waals surface area contributed by atoms with E-state index in [1.54, 1.807) is 18.2 Å². The number of anilines is 4. The van der Waals surface area contributed by atoms with Crippen molar-refractivity contribution >= 4 is 44.8 Å². The third-order valence-corrected chi connectivity index (χ3v) is 7.16. The van der Waals surface area contributed by atoms with Crippen LogP contribution in [0, 0.1) is 0 Å². The van der Waals surface area contributed by atoms with Gasteiger partial charge in [0.1, 0.15) is 15.6 Å². The van der Waals surface area contributed by atoms with E-state index in [-0.39, 0.29) is 21.7 Å². The molecule has 0 fully saturated rings. The minimum absolute atomic E-state index is 0.0940. The number of aromatic nitrogens is 3. The van der Waals surface area contributed by atoms with Crippen molar-refractivity contribution in [3.63, 3.8) is 0 Å². The number of halogens is 1. The molecule has 4 rings (SSSR count). The van der Waals surface area contributed by atoms with Crippen LogP contribution in [0.2, 0.25) is 5.02 Å². The van der Waals surface area contributed by atoms with E-state index in [0.717, 1.165) is 15.6 Å². The maximum absolute atomic E-state index is 12.7. The third-order valence-electron chi connectivity index (χ3n) is 5.01. The number of sulfonamides is 1. The van der Waals surface area contributed by atoms with Gasteiger partial charge in [-0.3, -0.25) is 0 Å². The zero-order valence-electron chi connectivity index (χ0n) is 19.2. The van der Waals surface area contributed by atoms with Crippen molar-refractivity contribution in [1.29, 1.82) is 0 Å². The summed E-state index contributed by atoms with van der Waals surface area (Å²) in [5, 5.41) is 6.31. The Balaban J connectivity index is 1.63. The lowest BCUT2D eigenvalue weighted by atomic mass is 10.1. The molecule has 0 aliphatic heterocycles. The van der Waals surface area contributed by atoms with Crippen LogP contribution in [-0.4, -0.2) is 48.9 Å². The highest BCUT2D eigenvalue weighted by Gasteiger charge is 2.22. The van der Waals surface area contributed by atoms with Crippen LogP contribution in [0.4, 0.5) is 23.1 Å². The minimum atomic E-state index is -3.69. The van der Waals surface area contributed by atoms with E-state index in [2.05, 4.69) is 25.6 Å². The maximum Gasteiger partial charge on any atom is 0.244 e. The van der Waals surface area contributed by atoms with Gasteiger partial charge in [0.2, 0.25) is 21.9 Å². The van der Waals surface area contributed by atoms with Crippen LogP contribution in [0.15, 0.2) is 77.8 Å². The van der Waals surface area contributed by atoms with E-state index in [4.69, 9.17) is 16.3 Å². The molecule has 0 aliphatic rings. The largest absolute Gasteiger partial charge is 0.479 e. The van der Waals surface area contributed by atoms with Crippen molar-refractivity contribution in [3.05, 3.63) is 77.9 Å². The molecular formula is C24H23ClN6O3S. The van der Waals surface area contributed by atoms with Gasteiger partial charge < -0.3 is 15.4 Å². The molecule has 0 bridgehead atoms. The molecule has 0 radical (unpaired) electrons. The van der Waals surface area contributed by atoms with Crippen LogP contribution in [0.3, 0.4) is 0 Å². The van der Waals surface area contributed by atoms with Gasteiger partial charge in [0.25, 0.3) is 0 Å². The first-order valence-corrected chi connectivity index (χ1v) is 12.3. The van der Waals surface area contributed by atoms with Crippen molar-refractivity contribution < 1.29 is 13.2 Å². The summed E-state index contributed by atoms with van der Waals surface area (Å²) >= 11 is 6.31. The van der Waals surface area contributed by atoms with Crippen molar-refractivity contribution in [2.45, 2.75) is 4.90 Å². The number of pyridine rings is 1. The van der Waals surface area contributed by atoms with E-state index >= 15 is 0 Å². The lowest BCUT2D eigenvalue weighted by molar-refractivity contribution is 0.400. The van der Waals surface area contributed by atoms with Crippen molar-refractivity contribution in [2.75, 3.05) is 31.8 Å². The molecule has 0 aliphatic carbocycles. The van der Waals surface area contributed by atoms with Crippen molar-refractivity contribution in [2.24, 2.45) is 0 Å². The molecule has 11 heteroatoms. The molecule has 2 aromatic carbocycles. The summed E-state index contributed by atoms with van der Waals surface area (Å²) in [5.74, 6) is 0.817. The molecule has 0 spiro atoms. The van der Waals surface area contributed by atoms with Gasteiger partial charge in [-0.1, -0.05) is 54.1 Å². The van der Waals surface area contributed by atoms with Crippen LogP contribution in [0.5, 0.6) is 5.88 Å². The second-order valence-corrected chi connectivity index (χ2v) is 10.1. The van der Waals surface area contributed by atoms with Crippen molar-refractivity contribution in [1.82, 2.24) is 19.3 Å². The SMILES string of the molecule is COc1nc(-c2ccccc2)ccc1Nc1ncc(Cl)c(Nc2ccccc2S(=O)(=O)N(C)C)n1. The quantitative estimate of drug-likeness (QED) is 0.343. The van der Waals surface area contributed by atoms with Crippen molar-refractivity contribution in [3.8, 4) is 17.1 Å². The zero-order chi connectivity index (χ0) is 25.0. The number of para-hydroxylation sites is 1. The number of rotatable bonds is 8. The Bertz CT molecular complexity index is 1450. The monoisotopic (exact) mass is 510 g/mol. The van der Waals surface area contributed by atoms with Crippen LogP contribution in [-0.2, 0) is 10.0 Å². The molecule has 2 aromatic heterocycles. The first-order valence-electron chi connectivity index (χ1n) is 10.5. The smallest absolute Gasteiger partial charge is 0.244 e. The van der Waals surface area contributed by atoms with Crippen LogP contribution >= 0.6 is 11.6 Å². The molecule has 0 amide bonds. The molecule has 35 heavy (non-hydrogen) atoms. The molecule has 2 heterocycles. The molecule has 0 saturated heterocycles. The third kappa shape index (κ3) is 5.35. The summed E-state index contributed by atoms with van der Waals surface area (Å²) in [6, 6.07) is 19.9. The number of ether oxygens (including phenoxy) is 1. The van der Waals surface area contributed by atoms with Crippen LogP contribution in [0.25, 0.3) is 11.3 Å². The predicted octanol–water partition coefficient (Wildman–Crippen LogP) is 4.94. The van der Waals surface area contributed by atoms with Gasteiger partial charge >= 0.3 is 0 Å². The predicted molar refractivity (Wildman–Crippen MR) is 137 cm³/mol. The maximum atomic E-state index is 12.7. The first-order chi connectivity index (χ1) is 16.8. The molecule has 4 aromatic rings. The van der Waals surface area contributed by atoms with Gasteiger partial charge in [0.05, 0.1) is 24.7 Å². The van der Waals surface area contributed by atoms with Gasteiger partial charge in [-0.15, -0.1) is 0 Å². The van der Waals surface area contributed by atoms with E-state index in [0.29, 0.717) is 17.3 Å². The summed E-state index contributed by atoms with van der Waals surface area (Å²) < 4.78 is 32.0. The van der Waals surface area contributed by atoms with E-state index < -0.39 is 10.0 Å². The lowest BCUT2D eigenvalue weighted by Gasteiger charge is -2.17. The standard InChI is InChI=1S/C24H23ClN6O3S/c1-31(2)35(32,33)21-12-8-7-11-19(21)27-22-17(25)15-26-24(30-22)29-20-14-13-18(28-23(20)34-3)16-9-5-4-6-10-16/h4-15H,1-3H3,(H2,26,27,29,30). The summed E-state index contributed by atoms with van der Waals surface area (Å²) in [6.45, 7) is 0. The molecule has 2 N–H and O–H groups in total. The molecule has 0 atom stereocenters. The van der Waals surface area contributed by atoms with Gasteiger partial charge in [-0.25, -0.2) is 22.7 Å². The number of hydrogen-bond donors (Lipinski definition) is 2. The van der Waals surface area contributed by atoms with Crippen LogP contribution in [0.1, 0.15) is 0 Å². The average molecular weight is 511 g/mol. The lowest BCUT2D eigenvalue weighted by Crippen LogP contribution is -2.23. The summed E-state index contributed by atoms with van der Waals surface area (Å²) in [7, 11) is 0.774. The highest BCUT2D eigenvalue weighted by molar-refractivity contribution is 7.89. The molecule has 0 unspecified atom stereocenters. The van der Waals surface area contributed by atoms with E-state index in [9.17, 15) is 8.42 Å². The summed E-state index contributed by atoms with van der Waals surface area (Å²) in [5.41, 5.74) is 2.60.